The first-order valence-corrected chi connectivity index (χ1v) is 7.92. The third kappa shape index (κ3) is 7.84. The number of hydrogen-bond donors (Lipinski definition) is 1. The lowest BCUT2D eigenvalue weighted by Gasteiger charge is -2.29. The van der Waals surface area contributed by atoms with Crippen molar-refractivity contribution >= 4 is 0 Å². The molecular weight excluding hydrogens is 250 g/mol. The highest BCUT2D eigenvalue weighted by atomic mass is 16.5. The summed E-state index contributed by atoms with van der Waals surface area (Å²) in [5.41, 5.74) is -0.373. The van der Waals surface area contributed by atoms with E-state index in [9.17, 15) is 5.26 Å². The Kier molecular flexibility index (Phi) is 10.7. The first-order chi connectivity index (χ1) is 9.52. The molecule has 0 spiro atoms. The molecule has 0 aliphatic carbocycles. The zero-order valence-electron chi connectivity index (χ0n) is 14.0. The molecule has 0 aromatic carbocycles. The van der Waals surface area contributed by atoms with E-state index in [-0.39, 0.29) is 5.54 Å². The van der Waals surface area contributed by atoms with Gasteiger partial charge in [-0.05, 0) is 52.6 Å². The fourth-order valence-electron chi connectivity index (χ4n) is 2.39. The molecule has 0 aromatic rings. The van der Waals surface area contributed by atoms with Gasteiger partial charge in [-0.1, -0.05) is 13.8 Å². The number of ether oxygens (including phenoxy) is 1. The predicted molar refractivity (Wildman–Crippen MR) is 84.7 cm³/mol. The molecule has 0 aromatic heterocycles. The number of rotatable bonds is 12. The minimum atomic E-state index is -0.373. The fraction of sp³-hybridized carbons (Fsp3) is 0.938. The van der Waals surface area contributed by atoms with Crippen LogP contribution in [-0.2, 0) is 4.74 Å². The number of nitrogens with zero attached hydrogens (tertiary/aromatic N) is 2. The predicted octanol–water partition coefficient (Wildman–Crippen LogP) is 2.80. The van der Waals surface area contributed by atoms with Crippen LogP contribution >= 0.6 is 0 Å². The van der Waals surface area contributed by atoms with Crippen molar-refractivity contribution in [1.82, 2.24) is 10.2 Å². The van der Waals surface area contributed by atoms with Crippen LogP contribution in [0.15, 0.2) is 0 Å². The molecule has 0 saturated heterocycles. The van der Waals surface area contributed by atoms with E-state index in [0.29, 0.717) is 6.04 Å². The Labute approximate surface area is 125 Å². The highest BCUT2D eigenvalue weighted by Crippen LogP contribution is 2.14. The number of nitriles is 1. The molecule has 118 valence electrons. The number of unbranched alkanes of at least 4 members (excludes halogenated alkanes) is 1. The molecule has 0 aliphatic rings. The van der Waals surface area contributed by atoms with Gasteiger partial charge in [0.1, 0.15) is 5.54 Å². The first-order valence-electron chi connectivity index (χ1n) is 7.92. The van der Waals surface area contributed by atoms with Crippen LogP contribution in [0.5, 0.6) is 0 Å². The molecule has 0 bridgehead atoms. The number of methoxy groups -OCH3 is 1. The van der Waals surface area contributed by atoms with Crippen LogP contribution in [0.1, 0.15) is 53.4 Å². The lowest BCUT2D eigenvalue weighted by molar-refractivity contribution is 0.121. The van der Waals surface area contributed by atoms with Crippen LogP contribution in [0.4, 0.5) is 0 Å². The van der Waals surface area contributed by atoms with Crippen LogP contribution in [0.3, 0.4) is 0 Å². The Hall–Kier alpha value is -0.630. The zero-order chi connectivity index (χ0) is 15.4. The maximum atomic E-state index is 9.23. The van der Waals surface area contributed by atoms with Gasteiger partial charge in [0.15, 0.2) is 0 Å². The van der Waals surface area contributed by atoms with E-state index in [1.165, 1.54) is 0 Å². The highest BCUT2D eigenvalue weighted by molar-refractivity contribution is 5.03. The van der Waals surface area contributed by atoms with Crippen LogP contribution in [0.25, 0.3) is 0 Å². The van der Waals surface area contributed by atoms with Crippen LogP contribution in [-0.4, -0.2) is 49.8 Å². The van der Waals surface area contributed by atoms with Gasteiger partial charge in [-0.15, -0.1) is 0 Å². The van der Waals surface area contributed by atoms with Crippen LogP contribution < -0.4 is 5.32 Å². The third-order valence-electron chi connectivity index (χ3n) is 3.98. The van der Waals surface area contributed by atoms with E-state index in [1.807, 2.05) is 13.8 Å². The minimum absolute atomic E-state index is 0.373. The summed E-state index contributed by atoms with van der Waals surface area (Å²) in [6.07, 6.45) is 4.29. The van der Waals surface area contributed by atoms with E-state index in [2.05, 4.69) is 30.1 Å². The summed E-state index contributed by atoms with van der Waals surface area (Å²) < 4.78 is 5.18. The highest BCUT2D eigenvalue weighted by Gasteiger charge is 2.21. The topological polar surface area (TPSA) is 48.3 Å². The molecule has 2 unspecified atom stereocenters. The minimum Gasteiger partial charge on any atom is -0.383 e. The van der Waals surface area contributed by atoms with Gasteiger partial charge >= 0.3 is 0 Å². The molecule has 0 saturated carbocycles. The molecule has 0 fully saturated rings. The summed E-state index contributed by atoms with van der Waals surface area (Å²) in [6, 6.07) is 2.99. The molecule has 0 amide bonds. The van der Waals surface area contributed by atoms with Crippen molar-refractivity contribution in [3.8, 4) is 6.07 Å². The van der Waals surface area contributed by atoms with E-state index in [1.54, 1.807) is 7.11 Å². The SMILES string of the molecule is CCNC(C)(C#N)CCCCN(CCOC)C(C)CC. The monoisotopic (exact) mass is 283 g/mol. The molecule has 2 atom stereocenters. The molecule has 0 heterocycles. The summed E-state index contributed by atoms with van der Waals surface area (Å²) in [5, 5.41) is 12.5. The Morgan fingerprint density at radius 2 is 2.00 bits per heavy atom. The summed E-state index contributed by atoms with van der Waals surface area (Å²) in [7, 11) is 1.75. The van der Waals surface area contributed by atoms with E-state index < -0.39 is 0 Å². The van der Waals surface area contributed by atoms with Crippen molar-refractivity contribution in [3.05, 3.63) is 0 Å². The van der Waals surface area contributed by atoms with Crippen molar-refractivity contribution in [3.63, 3.8) is 0 Å². The average molecular weight is 283 g/mol. The van der Waals surface area contributed by atoms with Gasteiger partial charge in [-0.25, -0.2) is 0 Å². The standard InChI is InChI=1S/C16H33N3O/c1-6-15(3)19(12-13-20-5)11-9-8-10-16(4,14-17)18-7-2/h15,18H,6-13H2,1-5H3. The van der Waals surface area contributed by atoms with Crippen molar-refractivity contribution < 1.29 is 4.74 Å². The zero-order valence-corrected chi connectivity index (χ0v) is 14.0. The Morgan fingerprint density at radius 1 is 1.30 bits per heavy atom. The summed E-state index contributed by atoms with van der Waals surface area (Å²) in [5.74, 6) is 0. The fourth-order valence-corrected chi connectivity index (χ4v) is 2.39. The van der Waals surface area contributed by atoms with Crippen molar-refractivity contribution in [2.24, 2.45) is 0 Å². The summed E-state index contributed by atoms with van der Waals surface area (Å²) >= 11 is 0. The van der Waals surface area contributed by atoms with Crippen molar-refractivity contribution in [1.29, 1.82) is 5.26 Å². The Morgan fingerprint density at radius 3 is 2.50 bits per heavy atom. The molecule has 20 heavy (non-hydrogen) atoms. The average Bonchev–Trinajstić information content (AvgIpc) is 2.46. The summed E-state index contributed by atoms with van der Waals surface area (Å²) in [4.78, 5) is 2.49. The second kappa shape index (κ2) is 11.1. The maximum Gasteiger partial charge on any atom is 0.103 e. The smallest absolute Gasteiger partial charge is 0.103 e. The van der Waals surface area contributed by atoms with Gasteiger partial charge in [0.2, 0.25) is 0 Å². The molecule has 0 aliphatic heterocycles. The van der Waals surface area contributed by atoms with Gasteiger partial charge in [-0.2, -0.15) is 5.26 Å². The largest absolute Gasteiger partial charge is 0.383 e. The lowest BCUT2D eigenvalue weighted by Crippen LogP contribution is -2.41. The number of nitrogens with one attached hydrogen (secondary N) is 1. The molecular formula is C16H33N3O. The molecule has 4 nitrogen and oxygen atoms in total. The van der Waals surface area contributed by atoms with Gasteiger partial charge in [-0.3, -0.25) is 10.2 Å². The Bertz CT molecular complexity index is 277. The number of hydrogen-bond acceptors (Lipinski definition) is 4. The first kappa shape index (κ1) is 19.4. The second-order valence-corrected chi connectivity index (χ2v) is 5.72. The molecule has 0 rings (SSSR count). The van der Waals surface area contributed by atoms with Gasteiger partial charge in [0.05, 0.1) is 12.7 Å². The summed E-state index contributed by atoms with van der Waals surface area (Å²) in [6.45, 7) is 12.3. The van der Waals surface area contributed by atoms with E-state index >= 15 is 0 Å². The second-order valence-electron chi connectivity index (χ2n) is 5.72. The molecule has 4 heteroatoms. The maximum absolute atomic E-state index is 9.23. The van der Waals surface area contributed by atoms with Crippen LogP contribution in [0, 0.1) is 11.3 Å². The van der Waals surface area contributed by atoms with E-state index in [0.717, 1.165) is 51.9 Å². The van der Waals surface area contributed by atoms with E-state index in [4.69, 9.17) is 4.74 Å². The lowest BCUT2D eigenvalue weighted by atomic mass is 9.96. The van der Waals surface area contributed by atoms with Crippen LogP contribution in [0.2, 0.25) is 0 Å². The van der Waals surface area contributed by atoms with Crippen molar-refractivity contribution in [2.45, 2.75) is 65.0 Å². The normalized spacial score (nSPS) is 15.8. The molecule has 0 radical (unpaired) electrons. The van der Waals surface area contributed by atoms with Gasteiger partial charge in [0, 0.05) is 19.7 Å². The van der Waals surface area contributed by atoms with Crippen molar-refractivity contribution in [2.75, 3.05) is 33.4 Å². The third-order valence-corrected chi connectivity index (χ3v) is 3.98. The quantitative estimate of drug-likeness (QED) is 0.560. The Balaban J connectivity index is 4.07. The molecule has 1 N–H and O–H groups in total. The van der Waals surface area contributed by atoms with Gasteiger partial charge in [0.25, 0.3) is 0 Å². The van der Waals surface area contributed by atoms with Gasteiger partial charge < -0.3 is 4.74 Å².